The second kappa shape index (κ2) is 81.0. The van der Waals surface area contributed by atoms with Gasteiger partial charge >= 0.3 is 109 Å². The van der Waals surface area contributed by atoms with E-state index in [0.717, 1.165) is 4.57 Å². The average molecular weight is 278 g/mol. The number of ether oxygens (including phenoxy) is 1. The van der Waals surface area contributed by atoms with Crippen molar-refractivity contribution in [2.24, 2.45) is 0 Å². The monoisotopic (exact) mass is 278 g/mol. The Bertz CT molecular complexity index is 188. The van der Waals surface area contributed by atoms with Crippen molar-refractivity contribution in [2.45, 2.75) is 26.9 Å². The molecule has 0 heterocycles. The van der Waals surface area contributed by atoms with Crippen LogP contribution in [0.15, 0.2) is 0 Å². The van der Waals surface area contributed by atoms with E-state index in [1.807, 2.05) is 20.8 Å². The van der Waals surface area contributed by atoms with Crippen LogP contribution in [0.3, 0.4) is 0 Å². The van der Waals surface area contributed by atoms with Gasteiger partial charge in [0.15, 0.2) is 0 Å². The van der Waals surface area contributed by atoms with E-state index >= 15 is 0 Å². The van der Waals surface area contributed by atoms with Crippen molar-refractivity contribution in [3.05, 3.63) is 33.3 Å². The first-order chi connectivity index (χ1) is 8.13. The Kier molecular flexibility index (Phi) is 172. The van der Waals surface area contributed by atoms with E-state index in [1.165, 1.54) is 0 Å². The molecular weight excluding hydrogens is 268 g/mol. The molecule has 0 N–H and O–H groups in total. The minimum atomic E-state index is 0.307. The van der Waals surface area contributed by atoms with Crippen LogP contribution in [0.2, 0.25) is 0 Å². The molecule has 0 aromatic rings. The minimum absolute atomic E-state index is 0.307. The Hall–Kier alpha value is -0.938. The summed E-state index contributed by atoms with van der Waals surface area (Å²) in [4.78, 5) is 0. The molecule has 0 saturated carbocycles. The van der Waals surface area contributed by atoms with E-state index < -0.39 is 0 Å². The Labute approximate surface area is 109 Å². The third kappa shape index (κ3) is 274. The summed E-state index contributed by atoms with van der Waals surface area (Å²) in [5.41, 5.74) is 0. The van der Waals surface area contributed by atoms with Gasteiger partial charge in [0.05, 0.1) is 0 Å². The fourth-order valence-electron chi connectivity index (χ4n) is 0.332. The van der Waals surface area contributed by atoms with Gasteiger partial charge in [0.1, 0.15) is 0 Å². The van der Waals surface area contributed by atoms with Gasteiger partial charge < -0.3 is 0 Å². The van der Waals surface area contributed by atoms with Crippen molar-refractivity contribution >= 4 is 4.57 Å². The fraction of sp³-hybridized carbons (Fsp3) is 0.400. The Morgan fingerprint density at radius 3 is 1.00 bits per heavy atom. The van der Waals surface area contributed by atoms with Gasteiger partial charge in [-0.2, -0.15) is 0 Å². The summed E-state index contributed by atoms with van der Waals surface area (Å²) in [7, 11) is 0. The molecule has 0 aromatic heterocycles. The van der Waals surface area contributed by atoms with Crippen LogP contribution in [0.1, 0.15) is 20.8 Å². The van der Waals surface area contributed by atoms with E-state index in [2.05, 4.69) is 49.1 Å². The first-order valence-corrected chi connectivity index (χ1v) is 3.96. The van der Waals surface area contributed by atoms with Crippen LogP contribution >= 0.6 is 0 Å². The standard InChI is InChI=1S/C5H10O.5CO.Cr/c1-4-6-5(2)3;5*1-2;/h5H,1-3H3;;;;;;. The predicted molar refractivity (Wildman–Crippen MR) is 46.5 cm³/mol. The van der Waals surface area contributed by atoms with Crippen molar-refractivity contribution in [1.29, 1.82) is 0 Å². The van der Waals surface area contributed by atoms with Gasteiger partial charge in [-0.1, -0.05) is 0 Å². The second-order valence-corrected chi connectivity index (χ2v) is 2.56. The molecular formula is C10H10CrO6. The summed E-state index contributed by atoms with van der Waals surface area (Å²) in [6.45, 7) is 28.4. The molecule has 7 heteroatoms. The normalized spacial score (nSPS) is 4.59. The first kappa shape index (κ1) is 36.0. The Balaban J connectivity index is -0.0000000257. The Morgan fingerprint density at radius 2 is 1.00 bits per heavy atom. The van der Waals surface area contributed by atoms with Crippen molar-refractivity contribution < 1.29 is 43.8 Å². The molecule has 0 spiro atoms. The molecule has 0 aliphatic rings. The molecule has 0 amide bonds. The van der Waals surface area contributed by atoms with Gasteiger partial charge in [-0.15, -0.1) is 0 Å². The molecule has 0 aliphatic heterocycles. The zero-order valence-corrected chi connectivity index (χ0v) is 10.7. The van der Waals surface area contributed by atoms with E-state index in [9.17, 15) is 0 Å². The maximum absolute atomic E-state index is 7.50. The molecule has 92 valence electrons. The SMILES string of the molecule is C[C](=[Cr])OC(C)C.[C-]#[O+].[C-]#[O+].[C-]#[O+].[C-]#[O+].[C-]#[O+]. The van der Waals surface area contributed by atoms with Crippen LogP contribution in [-0.4, -0.2) is 10.7 Å². The summed E-state index contributed by atoms with van der Waals surface area (Å²) in [5, 5.41) is 0. The summed E-state index contributed by atoms with van der Waals surface area (Å²) < 4.78 is 43.5. The first-order valence-electron chi connectivity index (χ1n) is 3.32. The molecule has 0 radical (unpaired) electrons. The van der Waals surface area contributed by atoms with Gasteiger partial charge in [0, 0.05) is 0 Å². The van der Waals surface area contributed by atoms with Crippen LogP contribution in [0.5, 0.6) is 0 Å². The van der Waals surface area contributed by atoms with Crippen LogP contribution in [0.4, 0.5) is 0 Å². The molecule has 0 saturated heterocycles. The quantitative estimate of drug-likeness (QED) is 0.543. The zero-order chi connectivity index (χ0) is 15.9. The van der Waals surface area contributed by atoms with E-state index in [-0.39, 0.29) is 0 Å². The fourth-order valence-corrected chi connectivity index (χ4v) is 0.632. The van der Waals surface area contributed by atoms with Gasteiger partial charge in [-0.3, -0.25) is 0 Å². The van der Waals surface area contributed by atoms with Crippen molar-refractivity contribution in [1.82, 2.24) is 0 Å². The molecule has 17 heavy (non-hydrogen) atoms. The number of rotatable bonds is 2. The summed E-state index contributed by atoms with van der Waals surface area (Å²) in [6, 6.07) is 0. The van der Waals surface area contributed by atoms with Gasteiger partial charge in [-0.05, 0) is 0 Å². The Morgan fingerprint density at radius 1 is 0.824 bits per heavy atom. The average Bonchev–Trinajstić information content (AvgIpc) is 2.40. The van der Waals surface area contributed by atoms with Gasteiger partial charge in [-0.25, -0.2) is 0 Å². The predicted octanol–water partition coefficient (Wildman–Crippen LogP) is 0.920. The van der Waals surface area contributed by atoms with Crippen LogP contribution in [0, 0.1) is 33.3 Å². The van der Waals surface area contributed by atoms with Crippen LogP contribution in [0.25, 0.3) is 0 Å². The van der Waals surface area contributed by atoms with Crippen LogP contribution < -0.4 is 0 Å². The summed E-state index contributed by atoms with van der Waals surface area (Å²) >= 11 is 2.77. The molecule has 0 aliphatic carbocycles. The van der Waals surface area contributed by atoms with Gasteiger partial charge in [0.2, 0.25) is 0 Å². The zero-order valence-electron chi connectivity index (χ0n) is 9.44. The van der Waals surface area contributed by atoms with Crippen molar-refractivity contribution in [2.75, 3.05) is 0 Å². The molecule has 0 rings (SSSR count). The van der Waals surface area contributed by atoms with E-state index in [1.54, 1.807) is 0 Å². The second-order valence-electron chi connectivity index (χ2n) is 1.66. The third-order valence-electron chi connectivity index (χ3n) is 0.402. The van der Waals surface area contributed by atoms with Crippen molar-refractivity contribution in [3.63, 3.8) is 0 Å². The van der Waals surface area contributed by atoms with E-state index in [0.29, 0.717) is 6.10 Å². The third-order valence-corrected chi connectivity index (χ3v) is 0.552. The molecule has 0 aromatic carbocycles. The molecule has 0 atom stereocenters. The van der Waals surface area contributed by atoms with E-state index in [4.69, 9.17) is 28.0 Å². The topological polar surface area (TPSA) is 109 Å². The molecule has 6 nitrogen and oxygen atoms in total. The molecule has 0 unspecified atom stereocenters. The van der Waals surface area contributed by atoms with Crippen molar-refractivity contribution in [3.8, 4) is 0 Å². The number of hydrogen-bond donors (Lipinski definition) is 0. The van der Waals surface area contributed by atoms with Gasteiger partial charge in [0.25, 0.3) is 0 Å². The molecule has 0 bridgehead atoms. The summed E-state index contributed by atoms with van der Waals surface area (Å²) in [5.74, 6) is 0. The number of hydrogen-bond acceptors (Lipinski definition) is 1. The summed E-state index contributed by atoms with van der Waals surface area (Å²) in [6.07, 6.45) is 0.307. The van der Waals surface area contributed by atoms with Crippen LogP contribution in [-0.2, 0) is 43.8 Å². The molecule has 0 fully saturated rings. The maximum atomic E-state index is 7.50.